The molecule has 2 rings (SSSR count). The summed E-state index contributed by atoms with van der Waals surface area (Å²) in [7, 11) is 0. The number of nitrogens with zero attached hydrogens (tertiary/aromatic N) is 3. The first-order chi connectivity index (χ1) is 8.30. The Kier molecular flexibility index (Phi) is 2.70. The van der Waals surface area contributed by atoms with Crippen LogP contribution >= 0.6 is 0 Å². The Balaban J connectivity index is 2.55. The second-order valence-electron chi connectivity index (χ2n) is 3.52. The van der Waals surface area contributed by atoms with E-state index in [1.54, 1.807) is 0 Å². The van der Waals surface area contributed by atoms with Gasteiger partial charge in [-0.05, 0) is 17.7 Å². The molecule has 0 amide bonds. The molecule has 0 aliphatic heterocycles. The lowest BCUT2D eigenvalue weighted by Crippen LogP contribution is -2.20. The summed E-state index contributed by atoms with van der Waals surface area (Å²) >= 11 is 0. The second kappa shape index (κ2) is 3.95. The van der Waals surface area contributed by atoms with E-state index in [0.29, 0.717) is 0 Å². The maximum absolute atomic E-state index is 12.3. The number of aromatic nitrogens is 2. The molecular formula is C9H6F3N3O3. The van der Waals surface area contributed by atoms with Crippen molar-refractivity contribution in [3.05, 3.63) is 40.2 Å². The van der Waals surface area contributed by atoms with Crippen LogP contribution in [-0.2, 0) is 0 Å². The van der Waals surface area contributed by atoms with Gasteiger partial charge in [-0.1, -0.05) is 0 Å². The Labute approximate surface area is 97.4 Å². The maximum atomic E-state index is 12.3. The zero-order valence-corrected chi connectivity index (χ0v) is 8.63. The Morgan fingerprint density at radius 2 is 2.17 bits per heavy atom. The van der Waals surface area contributed by atoms with Gasteiger partial charge in [-0.25, -0.2) is 4.52 Å². The van der Waals surface area contributed by atoms with Gasteiger partial charge in [-0.3, -0.25) is 10.1 Å². The third kappa shape index (κ3) is 1.99. The standard InChI is InChI=1S/C9H6F3N3O3/c10-9(11,12)8(16)5-1-2-14-6(3-5)7(4-13-14)15(17)18/h1-4,8,16H. The molecule has 2 heterocycles. The lowest BCUT2D eigenvalue weighted by atomic mass is 10.1. The zero-order chi connectivity index (χ0) is 13.5. The van der Waals surface area contributed by atoms with Gasteiger partial charge >= 0.3 is 11.9 Å². The third-order valence-electron chi connectivity index (χ3n) is 2.35. The summed E-state index contributed by atoms with van der Waals surface area (Å²) in [6, 6.07) is 1.89. The first-order valence-corrected chi connectivity index (χ1v) is 4.67. The van der Waals surface area contributed by atoms with E-state index in [2.05, 4.69) is 5.10 Å². The molecule has 0 saturated heterocycles. The highest BCUT2D eigenvalue weighted by Crippen LogP contribution is 2.33. The van der Waals surface area contributed by atoms with E-state index in [1.807, 2.05) is 0 Å². The van der Waals surface area contributed by atoms with E-state index in [-0.39, 0.29) is 5.52 Å². The highest BCUT2D eigenvalue weighted by Gasteiger charge is 2.39. The fourth-order valence-electron chi connectivity index (χ4n) is 1.48. The van der Waals surface area contributed by atoms with Crippen LogP contribution in [0.3, 0.4) is 0 Å². The number of aliphatic hydroxyl groups excluding tert-OH is 1. The molecular weight excluding hydrogens is 255 g/mol. The topological polar surface area (TPSA) is 80.7 Å². The second-order valence-corrected chi connectivity index (χ2v) is 3.52. The van der Waals surface area contributed by atoms with Gasteiger partial charge in [0, 0.05) is 6.20 Å². The first-order valence-electron chi connectivity index (χ1n) is 4.67. The van der Waals surface area contributed by atoms with Gasteiger partial charge in [0.15, 0.2) is 6.10 Å². The van der Waals surface area contributed by atoms with E-state index >= 15 is 0 Å². The predicted molar refractivity (Wildman–Crippen MR) is 52.9 cm³/mol. The van der Waals surface area contributed by atoms with Gasteiger partial charge in [0.2, 0.25) is 0 Å². The summed E-state index contributed by atoms with van der Waals surface area (Å²) in [5, 5.41) is 23.3. The van der Waals surface area contributed by atoms with E-state index in [1.165, 1.54) is 0 Å². The maximum Gasteiger partial charge on any atom is 0.418 e. The number of hydrogen-bond acceptors (Lipinski definition) is 4. The minimum atomic E-state index is -4.83. The smallest absolute Gasteiger partial charge is 0.379 e. The van der Waals surface area contributed by atoms with Crippen LogP contribution in [0.15, 0.2) is 24.5 Å². The van der Waals surface area contributed by atoms with Crippen LogP contribution in [0.1, 0.15) is 11.7 Å². The summed E-state index contributed by atoms with van der Waals surface area (Å²) in [5.74, 6) is 0. The normalized spacial score (nSPS) is 13.8. The van der Waals surface area contributed by atoms with Crippen LogP contribution in [-0.4, -0.2) is 25.8 Å². The van der Waals surface area contributed by atoms with Crippen molar-refractivity contribution in [3.8, 4) is 0 Å². The molecule has 0 spiro atoms. The van der Waals surface area contributed by atoms with Crippen molar-refractivity contribution in [2.45, 2.75) is 12.3 Å². The van der Waals surface area contributed by atoms with Crippen LogP contribution in [0.5, 0.6) is 0 Å². The van der Waals surface area contributed by atoms with Gasteiger partial charge in [0.1, 0.15) is 11.7 Å². The number of nitro groups is 1. The Hall–Kier alpha value is -2.16. The molecule has 96 valence electrons. The molecule has 0 bridgehead atoms. The van der Waals surface area contributed by atoms with Crippen molar-refractivity contribution in [1.82, 2.24) is 9.61 Å². The number of rotatable bonds is 2. The van der Waals surface area contributed by atoms with Crippen molar-refractivity contribution in [2.75, 3.05) is 0 Å². The average molecular weight is 261 g/mol. The van der Waals surface area contributed by atoms with Crippen LogP contribution in [0.4, 0.5) is 18.9 Å². The largest absolute Gasteiger partial charge is 0.418 e. The van der Waals surface area contributed by atoms with Crippen LogP contribution in [0, 0.1) is 10.1 Å². The fourth-order valence-corrected chi connectivity index (χ4v) is 1.48. The molecule has 18 heavy (non-hydrogen) atoms. The molecule has 0 saturated carbocycles. The Morgan fingerprint density at radius 1 is 1.50 bits per heavy atom. The number of aliphatic hydroxyl groups is 1. The Morgan fingerprint density at radius 3 is 2.72 bits per heavy atom. The van der Waals surface area contributed by atoms with Crippen molar-refractivity contribution in [3.63, 3.8) is 0 Å². The van der Waals surface area contributed by atoms with Crippen LogP contribution < -0.4 is 0 Å². The third-order valence-corrected chi connectivity index (χ3v) is 2.35. The number of fused-ring (bicyclic) bond motifs is 1. The molecule has 0 radical (unpaired) electrons. The lowest BCUT2D eigenvalue weighted by molar-refractivity contribution is -0.383. The molecule has 1 atom stereocenters. The van der Waals surface area contributed by atoms with E-state index in [4.69, 9.17) is 5.11 Å². The molecule has 0 aromatic carbocycles. The molecule has 2 aromatic heterocycles. The number of pyridine rings is 1. The summed E-state index contributed by atoms with van der Waals surface area (Å²) in [6.07, 6.45) is -5.46. The molecule has 1 unspecified atom stereocenters. The summed E-state index contributed by atoms with van der Waals surface area (Å²) in [4.78, 5) is 9.86. The lowest BCUT2D eigenvalue weighted by Gasteiger charge is -2.14. The van der Waals surface area contributed by atoms with Gasteiger partial charge in [0.25, 0.3) is 0 Å². The molecule has 0 fully saturated rings. The fraction of sp³-hybridized carbons (Fsp3) is 0.222. The summed E-state index contributed by atoms with van der Waals surface area (Å²) in [5.41, 5.74) is -1.01. The molecule has 9 heteroatoms. The van der Waals surface area contributed by atoms with Crippen molar-refractivity contribution in [1.29, 1.82) is 0 Å². The Bertz CT molecular complexity index is 608. The average Bonchev–Trinajstić information content (AvgIpc) is 2.69. The number of hydrogen-bond donors (Lipinski definition) is 1. The van der Waals surface area contributed by atoms with E-state index < -0.39 is 28.5 Å². The number of alkyl halides is 3. The van der Waals surface area contributed by atoms with Crippen LogP contribution in [0.25, 0.3) is 5.52 Å². The van der Waals surface area contributed by atoms with Gasteiger partial charge in [-0.15, -0.1) is 0 Å². The van der Waals surface area contributed by atoms with E-state index in [9.17, 15) is 23.3 Å². The quantitative estimate of drug-likeness (QED) is 0.660. The highest BCUT2D eigenvalue weighted by atomic mass is 19.4. The SMILES string of the molecule is O=[N+]([O-])c1cnn2ccc(C(O)C(F)(F)F)cc12. The zero-order valence-electron chi connectivity index (χ0n) is 8.63. The highest BCUT2D eigenvalue weighted by molar-refractivity contribution is 5.65. The minimum absolute atomic E-state index is 0.110. The first kappa shape index (κ1) is 12.3. The molecule has 6 nitrogen and oxygen atoms in total. The van der Waals surface area contributed by atoms with Crippen molar-refractivity contribution < 1.29 is 23.2 Å². The minimum Gasteiger partial charge on any atom is -0.379 e. The van der Waals surface area contributed by atoms with Gasteiger partial charge in [-0.2, -0.15) is 18.3 Å². The van der Waals surface area contributed by atoms with E-state index in [0.717, 1.165) is 29.0 Å². The summed E-state index contributed by atoms with van der Waals surface area (Å²) in [6.45, 7) is 0. The molecule has 1 N–H and O–H groups in total. The molecule has 2 aromatic rings. The van der Waals surface area contributed by atoms with Gasteiger partial charge < -0.3 is 5.11 Å². The van der Waals surface area contributed by atoms with Crippen molar-refractivity contribution >= 4 is 11.2 Å². The van der Waals surface area contributed by atoms with Crippen molar-refractivity contribution in [2.24, 2.45) is 0 Å². The number of halogens is 3. The molecule has 0 aliphatic carbocycles. The predicted octanol–water partition coefficient (Wildman–Crippen LogP) is 1.84. The van der Waals surface area contributed by atoms with Gasteiger partial charge in [0.05, 0.1) is 4.92 Å². The van der Waals surface area contributed by atoms with Crippen LogP contribution in [0.2, 0.25) is 0 Å². The molecule has 0 aliphatic rings. The summed E-state index contributed by atoms with van der Waals surface area (Å²) < 4.78 is 38.0. The monoisotopic (exact) mass is 261 g/mol.